The Morgan fingerprint density at radius 3 is 2.81 bits per heavy atom. The molecule has 4 aromatic rings. The number of amides is 1. The van der Waals surface area contributed by atoms with E-state index in [9.17, 15) is 9.90 Å². The SMILES string of the molecule is Cc1cc(NC(=O)c2ccc3cccc(O)c3n2)ccc1-c1cnco1. The van der Waals surface area contributed by atoms with E-state index in [2.05, 4.69) is 15.3 Å². The van der Waals surface area contributed by atoms with Crippen molar-refractivity contribution in [3.8, 4) is 17.1 Å². The molecule has 0 spiro atoms. The topological polar surface area (TPSA) is 88.2 Å². The second kappa shape index (κ2) is 6.33. The zero-order valence-corrected chi connectivity index (χ0v) is 13.9. The van der Waals surface area contributed by atoms with Gasteiger partial charge in [-0.25, -0.2) is 9.97 Å². The van der Waals surface area contributed by atoms with Crippen LogP contribution in [0.3, 0.4) is 0 Å². The fourth-order valence-corrected chi connectivity index (χ4v) is 2.82. The van der Waals surface area contributed by atoms with Crippen LogP contribution < -0.4 is 5.32 Å². The number of phenols is 1. The molecule has 128 valence electrons. The van der Waals surface area contributed by atoms with Crippen molar-refractivity contribution in [3.05, 3.63) is 72.4 Å². The molecule has 0 aliphatic rings. The van der Waals surface area contributed by atoms with Gasteiger partial charge >= 0.3 is 0 Å². The second-order valence-corrected chi connectivity index (χ2v) is 5.89. The van der Waals surface area contributed by atoms with Crippen LogP contribution in [0.15, 0.2) is 65.5 Å². The molecule has 0 aliphatic carbocycles. The third-order valence-corrected chi connectivity index (χ3v) is 4.11. The second-order valence-electron chi connectivity index (χ2n) is 5.89. The van der Waals surface area contributed by atoms with Crippen LogP contribution in [0.2, 0.25) is 0 Å². The lowest BCUT2D eigenvalue weighted by molar-refractivity contribution is 0.102. The van der Waals surface area contributed by atoms with E-state index < -0.39 is 0 Å². The Balaban J connectivity index is 1.60. The summed E-state index contributed by atoms with van der Waals surface area (Å²) < 4.78 is 5.31. The molecule has 1 amide bonds. The smallest absolute Gasteiger partial charge is 0.274 e. The number of para-hydroxylation sites is 1. The number of carbonyl (C=O) groups is 1. The number of aromatic hydroxyl groups is 1. The molecule has 0 unspecified atom stereocenters. The van der Waals surface area contributed by atoms with E-state index in [4.69, 9.17) is 4.42 Å². The Morgan fingerprint density at radius 2 is 2.04 bits per heavy atom. The molecule has 0 fully saturated rings. The lowest BCUT2D eigenvalue weighted by Crippen LogP contribution is -2.13. The molecule has 2 heterocycles. The number of nitrogens with zero attached hydrogens (tertiary/aromatic N) is 2. The molecule has 0 aliphatic heterocycles. The average Bonchev–Trinajstić information content (AvgIpc) is 3.16. The van der Waals surface area contributed by atoms with Gasteiger partial charge in [0, 0.05) is 16.6 Å². The Hall–Kier alpha value is -3.67. The van der Waals surface area contributed by atoms with Crippen molar-refractivity contribution in [1.82, 2.24) is 9.97 Å². The first-order valence-corrected chi connectivity index (χ1v) is 8.01. The molecular formula is C20H15N3O3. The van der Waals surface area contributed by atoms with Crippen molar-refractivity contribution in [3.63, 3.8) is 0 Å². The quantitative estimate of drug-likeness (QED) is 0.582. The highest BCUT2D eigenvalue weighted by Crippen LogP contribution is 2.26. The summed E-state index contributed by atoms with van der Waals surface area (Å²) in [6.07, 6.45) is 3.03. The highest BCUT2D eigenvalue weighted by atomic mass is 16.3. The molecule has 2 N–H and O–H groups in total. The summed E-state index contributed by atoms with van der Waals surface area (Å²) in [4.78, 5) is 20.7. The Labute approximate surface area is 149 Å². The summed E-state index contributed by atoms with van der Waals surface area (Å²) in [7, 11) is 0. The van der Waals surface area contributed by atoms with Crippen LogP contribution in [0.5, 0.6) is 5.75 Å². The fourth-order valence-electron chi connectivity index (χ4n) is 2.82. The van der Waals surface area contributed by atoms with E-state index in [1.54, 1.807) is 36.5 Å². The lowest BCUT2D eigenvalue weighted by atomic mass is 10.1. The van der Waals surface area contributed by atoms with Crippen molar-refractivity contribution in [2.45, 2.75) is 6.92 Å². The molecule has 0 bridgehead atoms. The third kappa shape index (κ3) is 2.88. The Morgan fingerprint density at radius 1 is 1.15 bits per heavy atom. The van der Waals surface area contributed by atoms with E-state index in [1.165, 1.54) is 6.39 Å². The average molecular weight is 345 g/mol. The van der Waals surface area contributed by atoms with Crippen LogP contribution in [0, 0.1) is 6.92 Å². The van der Waals surface area contributed by atoms with Gasteiger partial charge in [0.1, 0.15) is 17.0 Å². The van der Waals surface area contributed by atoms with Crippen LogP contribution >= 0.6 is 0 Å². The Kier molecular flexibility index (Phi) is 3.85. The molecular weight excluding hydrogens is 330 g/mol. The van der Waals surface area contributed by atoms with Crippen molar-refractivity contribution in [2.24, 2.45) is 0 Å². The van der Waals surface area contributed by atoms with Gasteiger partial charge < -0.3 is 14.8 Å². The monoisotopic (exact) mass is 345 g/mol. The van der Waals surface area contributed by atoms with Crippen LogP contribution in [0.1, 0.15) is 16.1 Å². The zero-order valence-electron chi connectivity index (χ0n) is 13.9. The number of hydrogen-bond acceptors (Lipinski definition) is 5. The molecule has 2 aromatic carbocycles. The molecule has 6 heteroatoms. The number of phenolic OH excluding ortho intramolecular Hbond substituents is 1. The predicted octanol–water partition coefficient (Wildman–Crippen LogP) is 4.16. The molecule has 2 aromatic heterocycles. The first-order chi connectivity index (χ1) is 12.6. The number of aromatic nitrogens is 2. The largest absolute Gasteiger partial charge is 0.506 e. The summed E-state index contributed by atoms with van der Waals surface area (Å²) in [5.74, 6) is 0.374. The van der Waals surface area contributed by atoms with Crippen LogP contribution in [0.4, 0.5) is 5.69 Å². The molecule has 6 nitrogen and oxygen atoms in total. The van der Waals surface area contributed by atoms with E-state index in [-0.39, 0.29) is 17.4 Å². The molecule has 0 radical (unpaired) electrons. The summed E-state index contributed by atoms with van der Waals surface area (Å²) in [6.45, 7) is 1.93. The molecule has 0 atom stereocenters. The number of oxazole rings is 1. The van der Waals surface area contributed by atoms with E-state index in [0.29, 0.717) is 17.0 Å². The number of rotatable bonds is 3. The number of hydrogen-bond donors (Lipinski definition) is 2. The normalized spacial score (nSPS) is 10.8. The molecule has 0 saturated heterocycles. The highest BCUT2D eigenvalue weighted by Gasteiger charge is 2.12. The van der Waals surface area contributed by atoms with Gasteiger partial charge in [0.15, 0.2) is 12.2 Å². The summed E-state index contributed by atoms with van der Waals surface area (Å²) in [5, 5.41) is 13.5. The lowest BCUT2D eigenvalue weighted by Gasteiger charge is -2.09. The van der Waals surface area contributed by atoms with E-state index in [1.807, 2.05) is 25.1 Å². The molecule has 0 saturated carbocycles. The zero-order chi connectivity index (χ0) is 18.1. The first-order valence-electron chi connectivity index (χ1n) is 8.01. The number of aryl methyl sites for hydroxylation is 1. The van der Waals surface area contributed by atoms with E-state index >= 15 is 0 Å². The highest BCUT2D eigenvalue weighted by molar-refractivity contribution is 6.04. The number of anilines is 1. The number of nitrogens with one attached hydrogen (secondary N) is 1. The maximum Gasteiger partial charge on any atom is 0.274 e. The van der Waals surface area contributed by atoms with E-state index in [0.717, 1.165) is 16.5 Å². The minimum atomic E-state index is -0.345. The summed E-state index contributed by atoms with van der Waals surface area (Å²) in [6, 6.07) is 14.0. The molecule has 26 heavy (non-hydrogen) atoms. The number of pyridine rings is 1. The van der Waals surface area contributed by atoms with Gasteiger partial charge in [-0.3, -0.25) is 4.79 Å². The maximum absolute atomic E-state index is 12.5. The third-order valence-electron chi connectivity index (χ3n) is 4.11. The first kappa shape index (κ1) is 15.8. The minimum absolute atomic E-state index is 0.0457. The summed E-state index contributed by atoms with van der Waals surface area (Å²) >= 11 is 0. The summed E-state index contributed by atoms with van der Waals surface area (Å²) in [5.41, 5.74) is 3.14. The van der Waals surface area contributed by atoms with Crippen molar-refractivity contribution < 1.29 is 14.3 Å². The number of carbonyl (C=O) groups excluding carboxylic acids is 1. The standard InChI is InChI=1S/C20H15N3O3/c1-12-9-14(6-7-15(12)18-10-21-11-26-18)22-20(25)16-8-5-13-3-2-4-17(24)19(13)23-16/h2-11,24H,1H3,(H,22,25). The number of benzene rings is 2. The van der Waals surface area contributed by atoms with Gasteiger partial charge in [0.2, 0.25) is 0 Å². The van der Waals surface area contributed by atoms with Crippen molar-refractivity contribution in [1.29, 1.82) is 0 Å². The van der Waals surface area contributed by atoms with Gasteiger partial charge in [0.05, 0.1) is 6.20 Å². The van der Waals surface area contributed by atoms with Crippen molar-refractivity contribution in [2.75, 3.05) is 5.32 Å². The van der Waals surface area contributed by atoms with Crippen LogP contribution in [-0.2, 0) is 0 Å². The van der Waals surface area contributed by atoms with Gasteiger partial charge in [-0.2, -0.15) is 0 Å². The minimum Gasteiger partial charge on any atom is -0.506 e. The maximum atomic E-state index is 12.5. The van der Waals surface area contributed by atoms with Gasteiger partial charge in [-0.15, -0.1) is 0 Å². The number of fused-ring (bicyclic) bond motifs is 1. The van der Waals surface area contributed by atoms with Crippen molar-refractivity contribution >= 4 is 22.5 Å². The molecule has 4 rings (SSSR count). The van der Waals surface area contributed by atoms with Gasteiger partial charge in [0.25, 0.3) is 5.91 Å². The Bertz CT molecular complexity index is 1100. The van der Waals surface area contributed by atoms with Gasteiger partial charge in [-0.1, -0.05) is 18.2 Å². The van der Waals surface area contributed by atoms with Gasteiger partial charge in [-0.05, 0) is 42.8 Å². The fraction of sp³-hybridized carbons (Fsp3) is 0.0500. The van der Waals surface area contributed by atoms with Crippen LogP contribution in [0.25, 0.3) is 22.2 Å². The predicted molar refractivity (Wildman–Crippen MR) is 98.0 cm³/mol. The van der Waals surface area contributed by atoms with Crippen LogP contribution in [-0.4, -0.2) is 21.0 Å².